The largest absolute Gasteiger partial charge is 0.307 e. The molecule has 0 N–H and O–H groups in total. The molecule has 0 saturated carbocycles. The zero-order valence-corrected chi connectivity index (χ0v) is 40.6. The standard InChI is InChI=1S/C68H50F2N2/c1-43-18-24-47(25-19-43)55-36-40-61(67(69)65(55)51-28-22-45(3)23-29-51)71(53-14-7-5-8-15-53)59-38-32-49-31-35-58-60(39-33-50-30-34-57(59)63(49)64(50)58)72(54-16-9-6-10-17-54)62-41-37-56(48-26-20-44(2)21-27-48)66(68(62)70)52-13-11-12-46(4)42-52/h5-42H,1-4H3. The van der Waals surface area contributed by atoms with Gasteiger partial charge in [-0.2, -0.15) is 0 Å². The maximum absolute atomic E-state index is 18.2. The zero-order valence-electron chi connectivity index (χ0n) is 40.6. The van der Waals surface area contributed by atoms with Gasteiger partial charge in [-0.15, -0.1) is 0 Å². The van der Waals surface area contributed by atoms with Crippen molar-refractivity contribution in [3.63, 3.8) is 0 Å². The molecule has 12 aromatic carbocycles. The number of hydrogen-bond acceptors (Lipinski definition) is 2. The van der Waals surface area contributed by atoms with E-state index in [2.05, 4.69) is 146 Å². The van der Waals surface area contributed by atoms with E-state index in [0.29, 0.717) is 22.5 Å². The van der Waals surface area contributed by atoms with E-state index in [1.165, 1.54) is 0 Å². The molecule has 0 unspecified atom stereocenters. The molecule has 72 heavy (non-hydrogen) atoms. The highest BCUT2D eigenvalue weighted by atomic mass is 19.1. The summed E-state index contributed by atoms with van der Waals surface area (Å²) in [6.45, 7) is 8.23. The lowest BCUT2D eigenvalue weighted by atomic mass is 9.90. The topological polar surface area (TPSA) is 6.48 Å². The van der Waals surface area contributed by atoms with Gasteiger partial charge in [-0.3, -0.25) is 0 Å². The maximum atomic E-state index is 18.2. The Kier molecular flexibility index (Phi) is 11.2. The van der Waals surface area contributed by atoms with Gasteiger partial charge in [-0.05, 0) is 131 Å². The van der Waals surface area contributed by atoms with Crippen LogP contribution in [0.4, 0.5) is 42.9 Å². The number of para-hydroxylation sites is 2. The number of hydrogen-bond donors (Lipinski definition) is 0. The van der Waals surface area contributed by atoms with Crippen LogP contribution in [0.25, 0.3) is 76.8 Å². The fourth-order valence-electron chi connectivity index (χ4n) is 10.6. The second-order valence-corrected chi connectivity index (χ2v) is 19.0. The van der Waals surface area contributed by atoms with Crippen molar-refractivity contribution in [1.82, 2.24) is 0 Å². The highest BCUT2D eigenvalue weighted by Gasteiger charge is 2.28. The molecule has 12 aromatic rings. The molecular formula is C68H50F2N2. The van der Waals surface area contributed by atoms with Gasteiger partial charge in [0.15, 0.2) is 11.6 Å². The van der Waals surface area contributed by atoms with Crippen LogP contribution in [-0.2, 0) is 0 Å². The van der Waals surface area contributed by atoms with Gasteiger partial charge in [0, 0.05) is 33.3 Å². The van der Waals surface area contributed by atoms with E-state index in [1.807, 2.05) is 122 Å². The predicted molar refractivity (Wildman–Crippen MR) is 300 cm³/mol. The minimum Gasteiger partial charge on any atom is -0.307 e. The summed E-state index contributed by atoms with van der Waals surface area (Å²) in [5.41, 5.74) is 14.9. The number of halogens is 2. The van der Waals surface area contributed by atoms with E-state index >= 15 is 8.78 Å². The fraction of sp³-hybridized carbons (Fsp3) is 0.0588. The smallest absolute Gasteiger partial charge is 0.155 e. The summed E-state index contributed by atoms with van der Waals surface area (Å²) < 4.78 is 36.5. The van der Waals surface area contributed by atoms with Crippen LogP contribution in [0.2, 0.25) is 0 Å². The van der Waals surface area contributed by atoms with Crippen molar-refractivity contribution < 1.29 is 8.78 Å². The molecule has 4 heteroatoms. The fourth-order valence-corrected chi connectivity index (χ4v) is 10.6. The molecule has 0 saturated heterocycles. The van der Waals surface area contributed by atoms with E-state index in [1.54, 1.807) is 0 Å². The highest BCUT2D eigenvalue weighted by Crippen LogP contribution is 2.51. The van der Waals surface area contributed by atoms with E-state index in [9.17, 15) is 0 Å². The van der Waals surface area contributed by atoms with Gasteiger partial charge >= 0.3 is 0 Å². The average Bonchev–Trinajstić information content (AvgIpc) is 3.41. The van der Waals surface area contributed by atoms with Crippen molar-refractivity contribution in [2.24, 2.45) is 0 Å². The first-order chi connectivity index (χ1) is 35.2. The van der Waals surface area contributed by atoms with Gasteiger partial charge in [0.05, 0.1) is 22.7 Å². The van der Waals surface area contributed by atoms with Crippen molar-refractivity contribution in [2.75, 3.05) is 9.80 Å². The summed E-state index contributed by atoms with van der Waals surface area (Å²) in [5.74, 6) is -0.623. The van der Waals surface area contributed by atoms with Crippen LogP contribution in [0.5, 0.6) is 0 Å². The van der Waals surface area contributed by atoms with Crippen molar-refractivity contribution in [3.05, 3.63) is 264 Å². The number of nitrogens with zero attached hydrogens (tertiary/aromatic N) is 2. The van der Waals surface area contributed by atoms with Crippen LogP contribution in [0, 0.1) is 39.3 Å². The summed E-state index contributed by atoms with van der Waals surface area (Å²) in [5, 5.41) is 6.12. The Balaban J connectivity index is 1.09. The molecule has 0 heterocycles. The van der Waals surface area contributed by atoms with Gasteiger partial charge in [-0.25, -0.2) is 8.78 Å². The van der Waals surface area contributed by atoms with Gasteiger partial charge in [-0.1, -0.05) is 204 Å². The molecule has 0 fully saturated rings. The number of benzene rings is 12. The highest BCUT2D eigenvalue weighted by molar-refractivity contribution is 6.28. The van der Waals surface area contributed by atoms with Crippen molar-refractivity contribution >= 4 is 66.4 Å². The summed E-state index contributed by atoms with van der Waals surface area (Å²) in [6.07, 6.45) is 0. The van der Waals surface area contributed by atoms with Crippen molar-refractivity contribution in [2.45, 2.75) is 27.7 Å². The lowest BCUT2D eigenvalue weighted by Crippen LogP contribution is -2.14. The lowest BCUT2D eigenvalue weighted by molar-refractivity contribution is 0.632. The monoisotopic (exact) mass is 932 g/mol. The summed E-state index contributed by atoms with van der Waals surface area (Å²) >= 11 is 0. The molecule has 0 aliphatic rings. The second kappa shape index (κ2) is 18.1. The molecule has 0 aliphatic carbocycles. The minimum atomic E-state index is -0.312. The Hall–Kier alpha value is -8.86. The first-order valence-electron chi connectivity index (χ1n) is 24.5. The Morgan fingerprint density at radius 1 is 0.292 bits per heavy atom. The number of rotatable bonds is 10. The third kappa shape index (κ3) is 7.73. The summed E-state index contributed by atoms with van der Waals surface area (Å²) in [6, 6.07) is 78.1. The van der Waals surface area contributed by atoms with E-state index in [0.717, 1.165) is 111 Å². The number of anilines is 6. The van der Waals surface area contributed by atoms with Gasteiger partial charge in [0.25, 0.3) is 0 Å². The third-order valence-corrected chi connectivity index (χ3v) is 14.2. The van der Waals surface area contributed by atoms with Gasteiger partial charge < -0.3 is 9.80 Å². The Bertz CT molecular complexity index is 3960. The molecule has 0 radical (unpaired) electrons. The van der Waals surface area contributed by atoms with Crippen LogP contribution in [0.3, 0.4) is 0 Å². The van der Waals surface area contributed by atoms with Crippen LogP contribution < -0.4 is 9.80 Å². The summed E-state index contributed by atoms with van der Waals surface area (Å²) in [7, 11) is 0. The SMILES string of the molecule is Cc1ccc(-c2ccc(N(c3ccccc3)c3ccc4ccc5c(N(c6ccccc6)c6ccc(-c7ccc(C)cc7)c(-c7cccc(C)c7)c6F)ccc6ccc3c4c65)c(F)c2-c2ccc(C)cc2)cc1. The quantitative estimate of drug-likeness (QED) is 0.126. The van der Waals surface area contributed by atoms with E-state index in [-0.39, 0.29) is 11.6 Å². The number of aryl methyl sites for hydroxylation is 4. The summed E-state index contributed by atoms with van der Waals surface area (Å²) in [4.78, 5) is 4.13. The van der Waals surface area contributed by atoms with Gasteiger partial charge in [0.1, 0.15) is 0 Å². The lowest BCUT2D eigenvalue weighted by Gasteiger charge is -2.30. The molecule has 0 atom stereocenters. The second-order valence-electron chi connectivity index (χ2n) is 19.0. The van der Waals surface area contributed by atoms with Gasteiger partial charge in [0.2, 0.25) is 0 Å². The normalized spacial score (nSPS) is 11.5. The van der Waals surface area contributed by atoms with Crippen molar-refractivity contribution in [1.29, 1.82) is 0 Å². The van der Waals surface area contributed by atoms with Crippen LogP contribution >= 0.6 is 0 Å². The van der Waals surface area contributed by atoms with E-state index in [4.69, 9.17) is 0 Å². The Morgan fingerprint density at radius 2 is 0.681 bits per heavy atom. The Morgan fingerprint density at radius 3 is 1.11 bits per heavy atom. The van der Waals surface area contributed by atoms with Crippen molar-refractivity contribution in [3.8, 4) is 44.5 Å². The first kappa shape index (κ1) is 44.4. The van der Waals surface area contributed by atoms with Crippen LogP contribution in [0.1, 0.15) is 22.3 Å². The molecule has 0 bridgehead atoms. The van der Waals surface area contributed by atoms with E-state index < -0.39 is 0 Å². The van der Waals surface area contributed by atoms with Crippen LogP contribution in [0.15, 0.2) is 231 Å². The molecule has 0 amide bonds. The molecule has 0 spiro atoms. The molecule has 0 aliphatic heterocycles. The van der Waals surface area contributed by atoms with Crippen LogP contribution in [-0.4, -0.2) is 0 Å². The molecular weight excluding hydrogens is 883 g/mol. The minimum absolute atomic E-state index is 0.311. The Labute approximate surface area is 419 Å². The molecule has 0 aromatic heterocycles. The molecule has 2 nitrogen and oxygen atoms in total. The molecule has 346 valence electrons. The average molecular weight is 933 g/mol. The zero-order chi connectivity index (χ0) is 49.0. The predicted octanol–water partition coefficient (Wildman–Crippen LogP) is 19.7. The molecule has 12 rings (SSSR count). The first-order valence-corrected chi connectivity index (χ1v) is 24.5. The third-order valence-electron chi connectivity index (χ3n) is 14.2. The maximum Gasteiger partial charge on any atom is 0.155 e.